The van der Waals surface area contributed by atoms with Gasteiger partial charge < -0.3 is 15.7 Å². The van der Waals surface area contributed by atoms with Gasteiger partial charge in [0.25, 0.3) is 0 Å². The van der Waals surface area contributed by atoms with Crippen molar-refractivity contribution in [3.8, 4) is 0 Å². The van der Waals surface area contributed by atoms with Crippen LogP contribution < -0.4 is 10.6 Å². The molecule has 1 aromatic rings. The number of hydrogen-bond donors (Lipinski definition) is 3. The highest BCUT2D eigenvalue weighted by Gasteiger charge is 2.11. The zero-order chi connectivity index (χ0) is 12.8. The van der Waals surface area contributed by atoms with Crippen LogP contribution in [-0.2, 0) is 0 Å². The van der Waals surface area contributed by atoms with E-state index in [0.29, 0.717) is 5.92 Å². The van der Waals surface area contributed by atoms with Crippen molar-refractivity contribution in [3.05, 3.63) is 29.3 Å². The van der Waals surface area contributed by atoms with Crippen molar-refractivity contribution >= 4 is 11.7 Å². The van der Waals surface area contributed by atoms with Gasteiger partial charge in [0.15, 0.2) is 0 Å². The molecule has 94 valence electrons. The number of benzene rings is 1. The third kappa shape index (κ3) is 3.75. The number of anilines is 1. The Kier molecular flexibility index (Phi) is 4.97. The maximum atomic E-state index is 11.6. The molecule has 0 unspecified atom stereocenters. The molecule has 0 atom stereocenters. The largest absolute Gasteiger partial charge is 0.395 e. The summed E-state index contributed by atoms with van der Waals surface area (Å²) in [6.45, 7) is 6.34. The summed E-state index contributed by atoms with van der Waals surface area (Å²) in [6.07, 6.45) is 0. The molecule has 0 aliphatic carbocycles. The van der Waals surface area contributed by atoms with E-state index in [2.05, 4.69) is 24.5 Å². The van der Waals surface area contributed by atoms with Crippen molar-refractivity contribution in [2.45, 2.75) is 26.7 Å². The average molecular weight is 236 g/mol. The van der Waals surface area contributed by atoms with Crippen LogP contribution in [0, 0.1) is 6.92 Å². The second kappa shape index (κ2) is 6.25. The minimum atomic E-state index is -0.282. The minimum Gasteiger partial charge on any atom is -0.395 e. The molecule has 0 aliphatic heterocycles. The van der Waals surface area contributed by atoms with E-state index >= 15 is 0 Å². The molecular formula is C13H20N2O2. The van der Waals surface area contributed by atoms with E-state index < -0.39 is 0 Å². The lowest BCUT2D eigenvalue weighted by Crippen LogP contribution is -2.31. The molecule has 2 amide bonds. The highest BCUT2D eigenvalue weighted by Crippen LogP contribution is 2.27. The summed E-state index contributed by atoms with van der Waals surface area (Å²) in [5.41, 5.74) is 3.01. The minimum absolute atomic E-state index is 0.0573. The molecule has 4 heteroatoms. The van der Waals surface area contributed by atoms with Gasteiger partial charge in [-0.25, -0.2) is 4.79 Å². The monoisotopic (exact) mass is 236 g/mol. The third-order valence-corrected chi connectivity index (χ3v) is 2.56. The predicted molar refractivity (Wildman–Crippen MR) is 69.4 cm³/mol. The van der Waals surface area contributed by atoms with E-state index in [1.54, 1.807) is 0 Å². The molecule has 0 fully saturated rings. The smallest absolute Gasteiger partial charge is 0.319 e. The molecule has 3 N–H and O–H groups in total. The molecule has 0 saturated heterocycles. The van der Waals surface area contributed by atoms with Crippen LogP contribution in [-0.4, -0.2) is 24.3 Å². The van der Waals surface area contributed by atoms with Gasteiger partial charge in [0.2, 0.25) is 0 Å². The number of rotatable bonds is 4. The number of carbonyl (C=O) groups is 1. The van der Waals surface area contributed by atoms with Crippen LogP contribution in [0.2, 0.25) is 0 Å². The topological polar surface area (TPSA) is 61.4 Å². The zero-order valence-electron chi connectivity index (χ0n) is 10.6. The third-order valence-electron chi connectivity index (χ3n) is 2.56. The normalized spacial score (nSPS) is 10.4. The van der Waals surface area contributed by atoms with Crippen molar-refractivity contribution in [1.82, 2.24) is 5.32 Å². The Morgan fingerprint density at radius 3 is 2.71 bits per heavy atom. The number of aryl methyl sites for hydroxylation is 1. The van der Waals surface area contributed by atoms with E-state index in [4.69, 9.17) is 5.11 Å². The summed E-state index contributed by atoms with van der Waals surface area (Å²) in [5, 5.41) is 14.0. The van der Waals surface area contributed by atoms with Gasteiger partial charge in [0.1, 0.15) is 0 Å². The number of aliphatic hydroxyl groups is 1. The Bertz CT molecular complexity index is 389. The van der Waals surface area contributed by atoms with E-state index in [1.807, 2.05) is 25.1 Å². The molecule has 4 nitrogen and oxygen atoms in total. The number of amides is 2. The van der Waals surface area contributed by atoms with Gasteiger partial charge in [0.05, 0.1) is 6.61 Å². The molecule has 1 aromatic carbocycles. The van der Waals surface area contributed by atoms with Crippen LogP contribution in [0.3, 0.4) is 0 Å². The standard InChI is InChI=1S/C13H20N2O2/c1-9(2)11-6-4-5-10(3)12(11)15-13(17)14-7-8-16/h4-6,9,16H,7-8H2,1-3H3,(H2,14,15,17). The van der Waals surface area contributed by atoms with E-state index in [9.17, 15) is 4.79 Å². The maximum Gasteiger partial charge on any atom is 0.319 e. The SMILES string of the molecule is Cc1cccc(C(C)C)c1NC(=O)NCCO. The van der Waals surface area contributed by atoms with E-state index in [-0.39, 0.29) is 19.2 Å². The van der Waals surface area contributed by atoms with Gasteiger partial charge in [-0.05, 0) is 24.0 Å². The highest BCUT2D eigenvalue weighted by molar-refractivity contribution is 5.91. The molecular weight excluding hydrogens is 216 g/mol. The second-order valence-corrected chi connectivity index (χ2v) is 4.30. The van der Waals surface area contributed by atoms with Crippen LogP contribution in [0.1, 0.15) is 30.9 Å². The van der Waals surface area contributed by atoms with Gasteiger partial charge in [-0.3, -0.25) is 0 Å². The Balaban J connectivity index is 2.85. The van der Waals surface area contributed by atoms with Crippen molar-refractivity contribution in [2.75, 3.05) is 18.5 Å². The first-order chi connectivity index (χ1) is 8.06. The molecule has 0 aliphatic rings. The number of nitrogens with one attached hydrogen (secondary N) is 2. The maximum absolute atomic E-state index is 11.6. The fourth-order valence-corrected chi connectivity index (χ4v) is 1.67. The van der Waals surface area contributed by atoms with Crippen molar-refractivity contribution < 1.29 is 9.90 Å². The molecule has 0 radical (unpaired) electrons. The Hall–Kier alpha value is -1.55. The Labute approximate surface area is 102 Å². The number of aliphatic hydroxyl groups excluding tert-OH is 1. The summed E-state index contributed by atoms with van der Waals surface area (Å²) in [7, 11) is 0. The summed E-state index contributed by atoms with van der Waals surface area (Å²) >= 11 is 0. The van der Waals surface area contributed by atoms with Crippen LogP contribution in [0.4, 0.5) is 10.5 Å². The molecule has 1 rings (SSSR count). The summed E-state index contributed by atoms with van der Waals surface area (Å²) in [5.74, 6) is 0.350. The van der Waals surface area contributed by atoms with Crippen LogP contribution in [0.25, 0.3) is 0 Å². The lowest BCUT2D eigenvalue weighted by molar-refractivity contribution is 0.244. The summed E-state index contributed by atoms with van der Waals surface area (Å²) in [4.78, 5) is 11.6. The second-order valence-electron chi connectivity index (χ2n) is 4.30. The zero-order valence-corrected chi connectivity index (χ0v) is 10.6. The first-order valence-electron chi connectivity index (χ1n) is 5.81. The molecule has 17 heavy (non-hydrogen) atoms. The Morgan fingerprint density at radius 1 is 1.41 bits per heavy atom. The van der Waals surface area contributed by atoms with Crippen molar-refractivity contribution in [2.24, 2.45) is 0 Å². The van der Waals surface area contributed by atoms with Crippen LogP contribution >= 0.6 is 0 Å². The molecule has 0 bridgehead atoms. The van der Waals surface area contributed by atoms with Gasteiger partial charge in [-0.15, -0.1) is 0 Å². The molecule has 0 saturated carbocycles. The average Bonchev–Trinajstić information content (AvgIpc) is 2.28. The fourth-order valence-electron chi connectivity index (χ4n) is 1.67. The van der Waals surface area contributed by atoms with Crippen LogP contribution in [0.5, 0.6) is 0 Å². The molecule has 0 aromatic heterocycles. The number of hydrogen-bond acceptors (Lipinski definition) is 2. The number of para-hydroxylation sites is 1. The first-order valence-corrected chi connectivity index (χ1v) is 5.81. The lowest BCUT2D eigenvalue weighted by Gasteiger charge is -2.16. The highest BCUT2D eigenvalue weighted by atomic mass is 16.3. The number of carbonyl (C=O) groups excluding carboxylic acids is 1. The predicted octanol–water partition coefficient (Wildman–Crippen LogP) is 2.23. The summed E-state index contributed by atoms with van der Waals surface area (Å²) in [6, 6.07) is 5.68. The lowest BCUT2D eigenvalue weighted by atomic mass is 9.98. The van der Waals surface area contributed by atoms with E-state index in [1.165, 1.54) is 0 Å². The quantitative estimate of drug-likeness (QED) is 0.750. The summed E-state index contributed by atoms with van der Waals surface area (Å²) < 4.78 is 0. The van der Waals surface area contributed by atoms with E-state index in [0.717, 1.165) is 16.8 Å². The fraction of sp³-hybridized carbons (Fsp3) is 0.462. The Morgan fingerprint density at radius 2 is 2.12 bits per heavy atom. The first kappa shape index (κ1) is 13.5. The van der Waals surface area contributed by atoms with Gasteiger partial charge in [-0.1, -0.05) is 32.0 Å². The van der Waals surface area contributed by atoms with Gasteiger partial charge in [-0.2, -0.15) is 0 Å². The molecule has 0 spiro atoms. The van der Waals surface area contributed by atoms with Crippen molar-refractivity contribution in [1.29, 1.82) is 0 Å². The van der Waals surface area contributed by atoms with Crippen molar-refractivity contribution in [3.63, 3.8) is 0 Å². The van der Waals surface area contributed by atoms with Gasteiger partial charge in [0, 0.05) is 12.2 Å². The number of urea groups is 1. The molecule has 0 heterocycles. The van der Waals surface area contributed by atoms with Crippen LogP contribution in [0.15, 0.2) is 18.2 Å². The van der Waals surface area contributed by atoms with Gasteiger partial charge >= 0.3 is 6.03 Å².